The van der Waals surface area contributed by atoms with Gasteiger partial charge in [0, 0.05) is 17.7 Å². The monoisotopic (exact) mass is 418 g/mol. The Hall–Kier alpha value is -2.44. The van der Waals surface area contributed by atoms with Crippen LogP contribution in [0.2, 0.25) is 5.02 Å². The molecule has 2 N–H and O–H groups in total. The van der Waals surface area contributed by atoms with Crippen LogP contribution in [0.4, 0.5) is 0 Å². The average Bonchev–Trinajstić information content (AvgIpc) is 3.26. The maximum absolute atomic E-state index is 12.8. The largest absolute Gasteiger partial charge is 0.503 e. The summed E-state index contributed by atoms with van der Waals surface area (Å²) < 4.78 is 10.9. The highest BCUT2D eigenvalue weighted by Crippen LogP contribution is 2.35. The predicted octanol–water partition coefficient (Wildman–Crippen LogP) is 4.02. The van der Waals surface area contributed by atoms with Crippen molar-refractivity contribution in [1.82, 2.24) is 10.2 Å². The van der Waals surface area contributed by atoms with Crippen molar-refractivity contribution in [3.63, 3.8) is 0 Å². The lowest BCUT2D eigenvalue weighted by atomic mass is 10.0. The number of rotatable bonds is 8. The summed E-state index contributed by atoms with van der Waals surface area (Å²) in [6.45, 7) is 4.56. The van der Waals surface area contributed by atoms with Crippen LogP contribution in [-0.2, 0) is 0 Å². The molecule has 156 valence electrons. The number of para-hydroxylation sites is 1. The summed E-state index contributed by atoms with van der Waals surface area (Å²) in [7, 11) is 1.66. The van der Waals surface area contributed by atoms with Crippen molar-refractivity contribution in [2.45, 2.75) is 25.8 Å². The fraction of sp³-hybridized carbons (Fsp3) is 0.409. The molecule has 0 saturated carbocycles. The Morgan fingerprint density at radius 3 is 2.66 bits per heavy atom. The summed E-state index contributed by atoms with van der Waals surface area (Å²) in [4.78, 5) is 15.2. The number of methoxy groups -OCH3 is 1. The maximum Gasteiger partial charge on any atom is 0.251 e. The molecule has 3 rings (SSSR count). The van der Waals surface area contributed by atoms with E-state index < -0.39 is 0 Å². The highest BCUT2D eigenvalue weighted by atomic mass is 35.5. The topological polar surface area (TPSA) is 71.0 Å². The van der Waals surface area contributed by atoms with Gasteiger partial charge in [-0.1, -0.05) is 29.8 Å². The quantitative estimate of drug-likeness (QED) is 0.677. The van der Waals surface area contributed by atoms with E-state index in [-0.39, 0.29) is 28.5 Å². The molecule has 29 heavy (non-hydrogen) atoms. The van der Waals surface area contributed by atoms with Gasteiger partial charge < -0.3 is 19.9 Å². The van der Waals surface area contributed by atoms with E-state index >= 15 is 0 Å². The number of benzene rings is 2. The lowest BCUT2D eigenvalue weighted by Crippen LogP contribution is -2.37. The second-order valence-corrected chi connectivity index (χ2v) is 7.36. The molecule has 0 bridgehead atoms. The first-order chi connectivity index (χ1) is 14.0. The molecule has 1 atom stereocenters. The summed E-state index contributed by atoms with van der Waals surface area (Å²) >= 11 is 6.07. The molecule has 2 aromatic carbocycles. The molecule has 1 heterocycles. The van der Waals surface area contributed by atoms with Gasteiger partial charge in [-0.05, 0) is 51.1 Å². The third-order valence-corrected chi connectivity index (χ3v) is 5.41. The number of aromatic hydroxyl groups is 1. The molecule has 1 aliphatic heterocycles. The van der Waals surface area contributed by atoms with Crippen molar-refractivity contribution in [2.24, 2.45) is 0 Å². The van der Waals surface area contributed by atoms with Gasteiger partial charge >= 0.3 is 0 Å². The zero-order valence-corrected chi connectivity index (χ0v) is 17.5. The Labute approximate surface area is 176 Å². The highest BCUT2D eigenvalue weighted by Gasteiger charge is 2.26. The van der Waals surface area contributed by atoms with Gasteiger partial charge in [0.2, 0.25) is 0 Å². The molecule has 0 aromatic heterocycles. The summed E-state index contributed by atoms with van der Waals surface area (Å²) in [5.74, 6) is 0.580. The van der Waals surface area contributed by atoms with Crippen LogP contribution in [0.5, 0.6) is 17.2 Å². The van der Waals surface area contributed by atoms with Gasteiger partial charge in [0.15, 0.2) is 11.5 Å². The van der Waals surface area contributed by atoms with Crippen molar-refractivity contribution in [2.75, 3.05) is 33.4 Å². The Morgan fingerprint density at radius 2 is 1.97 bits per heavy atom. The van der Waals surface area contributed by atoms with Gasteiger partial charge in [0.25, 0.3) is 5.91 Å². The van der Waals surface area contributed by atoms with E-state index in [4.69, 9.17) is 21.1 Å². The summed E-state index contributed by atoms with van der Waals surface area (Å²) in [6.07, 6.45) is 2.29. The van der Waals surface area contributed by atoms with Crippen LogP contribution >= 0.6 is 11.6 Å². The number of hydrogen-bond acceptors (Lipinski definition) is 5. The molecule has 1 saturated heterocycles. The first kappa shape index (κ1) is 21.3. The van der Waals surface area contributed by atoms with E-state index in [0.717, 1.165) is 37.2 Å². The van der Waals surface area contributed by atoms with Crippen LogP contribution in [0.1, 0.15) is 41.7 Å². The van der Waals surface area contributed by atoms with Crippen molar-refractivity contribution in [1.29, 1.82) is 0 Å². The normalized spacial score (nSPS) is 15.1. The number of amides is 1. The van der Waals surface area contributed by atoms with Gasteiger partial charge in [0.05, 0.1) is 24.8 Å². The third kappa shape index (κ3) is 4.95. The average molecular weight is 419 g/mol. The van der Waals surface area contributed by atoms with E-state index in [1.807, 2.05) is 24.3 Å². The fourth-order valence-electron chi connectivity index (χ4n) is 3.69. The number of carbonyl (C=O) groups is 1. The number of phenolic OH excluding ortho intramolecular Hbond substituents is 1. The second-order valence-electron chi connectivity index (χ2n) is 6.95. The number of nitrogens with zero attached hydrogens (tertiary/aromatic N) is 1. The SMILES string of the molecule is CCOc1cc(C(=O)NCC(c2ccccc2OC)N2CCCC2)cc(Cl)c1O. The van der Waals surface area contributed by atoms with Crippen LogP contribution in [0.25, 0.3) is 0 Å². The molecule has 7 heteroatoms. The molecule has 2 aromatic rings. The van der Waals surface area contributed by atoms with Crippen LogP contribution in [0.15, 0.2) is 36.4 Å². The van der Waals surface area contributed by atoms with E-state index in [9.17, 15) is 9.90 Å². The number of likely N-dealkylation sites (tertiary alicyclic amines) is 1. The summed E-state index contributed by atoms with van der Waals surface area (Å²) in [6, 6.07) is 10.9. The third-order valence-electron chi connectivity index (χ3n) is 5.13. The van der Waals surface area contributed by atoms with E-state index in [1.165, 1.54) is 12.1 Å². The smallest absolute Gasteiger partial charge is 0.251 e. The second kappa shape index (κ2) is 9.85. The number of halogens is 1. The minimum Gasteiger partial charge on any atom is -0.503 e. The maximum atomic E-state index is 12.8. The number of carbonyl (C=O) groups excluding carboxylic acids is 1. The van der Waals surface area contributed by atoms with E-state index in [2.05, 4.69) is 10.2 Å². The highest BCUT2D eigenvalue weighted by molar-refractivity contribution is 6.32. The molecule has 1 aliphatic rings. The van der Waals surface area contributed by atoms with Gasteiger partial charge in [-0.25, -0.2) is 0 Å². The lowest BCUT2D eigenvalue weighted by molar-refractivity contribution is 0.0937. The zero-order chi connectivity index (χ0) is 20.8. The minimum absolute atomic E-state index is 0.0107. The Bertz CT molecular complexity index is 853. The molecule has 0 radical (unpaired) electrons. The molecule has 0 spiro atoms. The van der Waals surface area contributed by atoms with E-state index in [1.54, 1.807) is 14.0 Å². The lowest BCUT2D eigenvalue weighted by Gasteiger charge is -2.29. The Kier molecular flexibility index (Phi) is 7.23. The number of phenols is 1. The number of hydrogen-bond donors (Lipinski definition) is 2. The molecule has 1 unspecified atom stereocenters. The fourth-order valence-corrected chi connectivity index (χ4v) is 3.90. The summed E-state index contributed by atoms with van der Waals surface area (Å²) in [5, 5.41) is 13.1. The predicted molar refractivity (Wildman–Crippen MR) is 113 cm³/mol. The Balaban J connectivity index is 1.80. The molecule has 0 aliphatic carbocycles. The van der Waals surface area contributed by atoms with Crippen molar-refractivity contribution >= 4 is 17.5 Å². The van der Waals surface area contributed by atoms with Crippen LogP contribution in [0, 0.1) is 0 Å². The zero-order valence-electron chi connectivity index (χ0n) is 16.8. The standard InChI is InChI=1S/C22H27ClN2O4/c1-3-29-20-13-15(12-17(23)21(20)26)22(27)24-14-18(25-10-6-7-11-25)16-8-4-5-9-19(16)28-2/h4-5,8-9,12-13,18,26H,3,6-7,10-11,14H2,1-2H3,(H,24,27). The molecular formula is C22H27ClN2O4. The molecular weight excluding hydrogens is 392 g/mol. The Morgan fingerprint density at radius 1 is 1.24 bits per heavy atom. The summed E-state index contributed by atoms with van der Waals surface area (Å²) in [5.41, 5.74) is 1.40. The van der Waals surface area contributed by atoms with Crippen molar-refractivity contribution < 1.29 is 19.4 Å². The molecule has 6 nitrogen and oxygen atoms in total. The first-order valence-corrected chi connectivity index (χ1v) is 10.2. The minimum atomic E-state index is -0.271. The van der Waals surface area contributed by atoms with Crippen LogP contribution < -0.4 is 14.8 Å². The van der Waals surface area contributed by atoms with Crippen LogP contribution in [0.3, 0.4) is 0 Å². The van der Waals surface area contributed by atoms with Crippen LogP contribution in [-0.4, -0.2) is 49.3 Å². The van der Waals surface area contributed by atoms with Gasteiger partial charge in [-0.15, -0.1) is 0 Å². The van der Waals surface area contributed by atoms with Gasteiger partial charge in [-0.3, -0.25) is 9.69 Å². The first-order valence-electron chi connectivity index (χ1n) is 9.85. The molecule has 1 amide bonds. The van der Waals surface area contributed by atoms with Crippen molar-refractivity contribution in [3.05, 3.63) is 52.5 Å². The van der Waals surface area contributed by atoms with E-state index in [0.29, 0.717) is 18.7 Å². The number of ether oxygens (including phenoxy) is 2. The van der Waals surface area contributed by atoms with Gasteiger partial charge in [-0.2, -0.15) is 0 Å². The molecule has 1 fully saturated rings. The van der Waals surface area contributed by atoms with Gasteiger partial charge in [0.1, 0.15) is 5.75 Å². The van der Waals surface area contributed by atoms with Crippen molar-refractivity contribution in [3.8, 4) is 17.2 Å². The number of nitrogens with one attached hydrogen (secondary N) is 1.